The number of ether oxygens (including phenoxy) is 4. The molecule has 0 bridgehead atoms. The van der Waals surface area contributed by atoms with E-state index in [1.165, 1.54) is 6.07 Å². The first-order chi connectivity index (χ1) is 17.2. The molecular formula is C25H34N2O9. The van der Waals surface area contributed by atoms with Gasteiger partial charge in [0.2, 0.25) is 6.41 Å². The molecule has 1 amide bonds. The van der Waals surface area contributed by atoms with Gasteiger partial charge < -0.3 is 29.4 Å². The molecule has 2 heterocycles. The highest BCUT2D eigenvalue weighted by Gasteiger charge is 2.47. The fourth-order valence-electron chi connectivity index (χ4n) is 4.17. The second-order valence-electron chi connectivity index (χ2n) is 9.37. The molecule has 0 aromatic heterocycles. The van der Waals surface area contributed by atoms with Crippen molar-refractivity contribution >= 4 is 30.0 Å². The lowest BCUT2D eigenvalue weighted by atomic mass is 9.86. The highest BCUT2D eigenvalue weighted by Crippen LogP contribution is 2.39. The molecule has 0 spiro atoms. The van der Waals surface area contributed by atoms with Crippen molar-refractivity contribution in [3.8, 4) is 5.75 Å². The predicted octanol–water partition coefficient (Wildman–Crippen LogP) is 1.62. The summed E-state index contributed by atoms with van der Waals surface area (Å²) in [4.78, 5) is 49.2. The van der Waals surface area contributed by atoms with E-state index < -0.39 is 47.4 Å². The second kappa shape index (κ2) is 12.2. The molecule has 2 saturated heterocycles. The van der Waals surface area contributed by atoms with Crippen LogP contribution in [0.25, 0.3) is 0 Å². The molecule has 3 rings (SSSR count). The van der Waals surface area contributed by atoms with Crippen LogP contribution in [0.15, 0.2) is 18.2 Å². The second-order valence-corrected chi connectivity index (χ2v) is 9.37. The average Bonchev–Trinajstić information content (AvgIpc) is 2.87. The summed E-state index contributed by atoms with van der Waals surface area (Å²) in [5.74, 6) is -3.12. The number of carbonyl (C=O) groups excluding carboxylic acids is 4. The van der Waals surface area contributed by atoms with E-state index >= 15 is 0 Å². The number of carbonyl (C=O) groups is 4. The lowest BCUT2D eigenvalue weighted by Gasteiger charge is -2.44. The summed E-state index contributed by atoms with van der Waals surface area (Å²) in [5.41, 5.74) is -0.378. The first kappa shape index (κ1) is 27.4. The number of cyclic esters (lactones) is 2. The van der Waals surface area contributed by atoms with Gasteiger partial charge in [0.05, 0.1) is 36.3 Å². The lowest BCUT2D eigenvalue weighted by molar-refractivity contribution is -0.169. The Balaban J connectivity index is 1.83. The van der Waals surface area contributed by atoms with Crippen molar-refractivity contribution in [1.29, 1.82) is 0 Å². The first-order valence-corrected chi connectivity index (χ1v) is 12.1. The van der Waals surface area contributed by atoms with Crippen molar-refractivity contribution in [1.82, 2.24) is 5.32 Å². The summed E-state index contributed by atoms with van der Waals surface area (Å²) in [5, 5.41) is 16.3. The third-order valence-electron chi connectivity index (χ3n) is 6.34. The number of unbranched alkanes of at least 4 members (excludes halogenated alkanes) is 1. The smallest absolute Gasteiger partial charge is 0.326 e. The zero-order chi connectivity index (χ0) is 26.3. The zero-order valence-corrected chi connectivity index (χ0v) is 20.8. The lowest BCUT2D eigenvalue weighted by Crippen LogP contribution is -2.63. The maximum atomic E-state index is 13.0. The maximum Gasteiger partial charge on any atom is 0.326 e. The third kappa shape index (κ3) is 6.14. The van der Waals surface area contributed by atoms with Gasteiger partial charge >= 0.3 is 17.9 Å². The molecule has 0 radical (unpaired) electrons. The zero-order valence-electron chi connectivity index (χ0n) is 20.8. The number of nitrogens with one attached hydrogen (secondary N) is 2. The van der Waals surface area contributed by atoms with Crippen molar-refractivity contribution in [3.05, 3.63) is 23.8 Å². The predicted molar refractivity (Wildman–Crippen MR) is 127 cm³/mol. The molecule has 2 fully saturated rings. The Labute approximate surface area is 209 Å². The Bertz CT molecular complexity index is 961. The molecule has 198 valence electrons. The Morgan fingerprint density at radius 1 is 1.22 bits per heavy atom. The number of benzene rings is 1. The van der Waals surface area contributed by atoms with Crippen molar-refractivity contribution < 1.29 is 43.2 Å². The van der Waals surface area contributed by atoms with Crippen LogP contribution >= 0.6 is 0 Å². The molecule has 2 aliphatic heterocycles. The van der Waals surface area contributed by atoms with E-state index in [2.05, 4.69) is 10.6 Å². The van der Waals surface area contributed by atoms with E-state index in [1.54, 1.807) is 26.0 Å². The minimum Gasteiger partial charge on any atom is -0.505 e. The summed E-state index contributed by atoms with van der Waals surface area (Å²) in [7, 11) is 0. The van der Waals surface area contributed by atoms with E-state index in [9.17, 15) is 24.3 Å². The van der Waals surface area contributed by atoms with Crippen LogP contribution in [0, 0.1) is 11.8 Å². The number of esters is 3. The van der Waals surface area contributed by atoms with Gasteiger partial charge in [-0.25, -0.2) is 0 Å². The molecule has 1 aromatic rings. The summed E-state index contributed by atoms with van der Waals surface area (Å²) in [6.07, 6.45) is 1.43. The number of rotatable bonds is 10. The minimum atomic E-state index is -1.08. The molecule has 0 saturated carbocycles. The molecule has 11 nitrogen and oxygen atoms in total. The van der Waals surface area contributed by atoms with Crippen LogP contribution in [0.1, 0.15) is 45.6 Å². The molecule has 0 aliphatic carbocycles. The molecule has 1 aromatic carbocycles. The van der Waals surface area contributed by atoms with E-state index in [-0.39, 0.29) is 37.9 Å². The number of anilines is 1. The van der Waals surface area contributed by atoms with E-state index in [1.807, 2.05) is 6.92 Å². The van der Waals surface area contributed by atoms with E-state index in [4.69, 9.17) is 18.9 Å². The Hall–Kier alpha value is -3.18. The van der Waals surface area contributed by atoms with Gasteiger partial charge in [-0.1, -0.05) is 45.7 Å². The quantitative estimate of drug-likeness (QED) is 0.185. The van der Waals surface area contributed by atoms with Gasteiger partial charge in [0.25, 0.3) is 0 Å². The standard InChI is InChI=1S/C25H34N2O9/c1-4-5-7-16-20(36-22(30)15(2)3)11-35-24(32)19(10-34-23(16)31)27-25(12-33-13-25)17-8-6-9-18(21(17)29)26-14-28/h6,8-9,14-16,19-20,27,29H,4-5,7,10-13H2,1-3H3,(H,26,28). The molecular weight excluding hydrogens is 472 g/mol. The molecule has 3 N–H and O–H groups in total. The van der Waals surface area contributed by atoms with Gasteiger partial charge in [0.1, 0.15) is 31.1 Å². The Kier molecular flexibility index (Phi) is 9.27. The fourth-order valence-corrected chi connectivity index (χ4v) is 4.17. The number of phenols is 1. The van der Waals surface area contributed by atoms with Crippen molar-refractivity contribution in [3.63, 3.8) is 0 Å². The number of aromatic hydroxyl groups is 1. The van der Waals surface area contributed by atoms with Crippen LogP contribution in [0.3, 0.4) is 0 Å². The number of phenolic OH excluding ortho intramolecular Hbond substituents is 1. The van der Waals surface area contributed by atoms with Gasteiger partial charge in [-0.05, 0) is 12.5 Å². The molecule has 3 unspecified atom stereocenters. The molecule has 3 atom stereocenters. The van der Waals surface area contributed by atoms with E-state index in [0.29, 0.717) is 24.8 Å². The van der Waals surface area contributed by atoms with Gasteiger partial charge in [-0.2, -0.15) is 0 Å². The largest absolute Gasteiger partial charge is 0.505 e. The van der Waals surface area contributed by atoms with Crippen molar-refractivity contribution in [2.45, 2.75) is 57.7 Å². The number of amides is 1. The minimum absolute atomic E-state index is 0.122. The van der Waals surface area contributed by atoms with Gasteiger partial charge in [-0.15, -0.1) is 0 Å². The van der Waals surface area contributed by atoms with E-state index in [0.717, 1.165) is 6.42 Å². The van der Waals surface area contributed by atoms with Crippen molar-refractivity contribution in [2.24, 2.45) is 11.8 Å². The van der Waals surface area contributed by atoms with Crippen molar-refractivity contribution in [2.75, 3.05) is 31.7 Å². The third-order valence-corrected chi connectivity index (χ3v) is 6.34. The normalized spacial score (nSPS) is 23.8. The first-order valence-electron chi connectivity index (χ1n) is 12.1. The molecule has 11 heteroatoms. The summed E-state index contributed by atoms with van der Waals surface area (Å²) < 4.78 is 21.9. The van der Waals surface area contributed by atoms with Crippen LogP contribution < -0.4 is 10.6 Å². The number of hydrogen-bond acceptors (Lipinski definition) is 10. The highest BCUT2D eigenvalue weighted by atomic mass is 16.6. The van der Waals surface area contributed by atoms with Crippen LogP contribution in [-0.2, 0) is 43.7 Å². The number of hydrogen-bond donors (Lipinski definition) is 3. The average molecular weight is 507 g/mol. The number of para-hydroxylation sites is 1. The van der Waals surface area contributed by atoms with Crippen LogP contribution in [0.4, 0.5) is 5.69 Å². The van der Waals surface area contributed by atoms with Gasteiger partial charge in [0.15, 0.2) is 0 Å². The topological polar surface area (TPSA) is 149 Å². The Morgan fingerprint density at radius 2 is 1.94 bits per heavy atom. The van der Waals surface area contributed by atoms with Crippen LogP contribution in [0.2, 0.25) is 0 Å². The monoisotopic (exact) mass is 506 g/mol. The van der Waals surface area contributed by atoms with Crippen LogP contribution in [0.5, 0.6) is 5.75 Å². The van der Waals surface area contributed by atoms with Gasteiger partial charge in [-0.3, -0.25) is 24.5 Å². The molecule has 2 aliphatic rings. The Morgan fingerprint density at radius 3 is 2.56 bits per heavy atom. The molecule has 36 heavy (non-hydrogen) atoms. The fraction of sp³-hybridized carbons (Fsp3) is 0.600. The highest BCUT2D eigenvalue weighted by molar-refractivity contribution is 5.80. The summed E-state index contributed by atoms with van der Waals surface area (Å²) >= 11 is 0. The van der Waals surface area contributed by atoms with Crippen LogP contribution in [-0.4, -0.2) is 68.0 Å². The van der Waals surface area contributed by atoms with Gasteiger partial charge in [0, 0.05) is 5.56 Å². The maximum absolute atomic E-state index is 13.0. The SMILES string of the molecule is CCCCC1C(=O)OCC(NC2(c3cccc(NC=O)c3O)COC2)C(=O)OCC1OC(=O)C(C)C. The summed E-state index contributed by atoms with van der Waals surface area (Å²) in [6, 6.07) is 3.75. The summed E-state index contributed by atoms with van der Waals surface area (Å²) in [6.45, 7) is 4.97.